The molecule has 0 fully saturated rings. The van der Waals surface area contributed by atoms with Crippen LogP contribution in [0.2, 0.25) is 0 Å². The highest BCUT2D eigenvalue weighted by Crippen LogP contribution is 2.28. The maximum Gasteiger partial charge on any atom is 0.336 e. The SMILES string of the molecule is Cc1ccc(Sn2ccc3c(C(=O)O)cccc32)cc1. The van der Waals surface area contributed by atoms with Gasteiger partial charge >= 0.3 is 5.97 Å². The summed E-state index contributed by atoms with van der Waals surface area (Å²) in [6.45, 7) is 2.05. The van der Waals surface area contributed by atoms with Crippen molar-refractivity contribution in [2.24, 2.45) is 0 Å². The number of aromatic carboxylic acids is 1. The molecule has 0 aliphatic carbocycles. The second-order valence-electron chi connectivity index (χ2n) is 4.59. The highest BCUT2D eigenvalue weighted by atomic mass is 32.2. The van der Waals surface area contributed by atoms with Crippen molar-refractivity contribution in [1.82, 2.24) is 3.97 Å². The van der Waals surface area contributed by atoms with Gasteiger partial charge in [0.05, 0.1) is 11.1 Å². The number of carboxylic acids is 1. The van der Waals surface area contributed by atoms with Crippen LogP contribution in [0.15, 0.2) is 59.6 Å². The minimum Gasteiger partial charge on any atom is -0.478 e. The van der Waals surface area contributed by atoms with Crippen molar-refractivity contribution >= 4 is 28.8 Å². The molecule has 0 aliphatic rings. The fraction of sp³-hybridized carbons (Fsp3) is 0.0625. The predicted octanol–water partition coefficient (Wildman–Crippen LogP) is 4.20. The van der Waals surface area contributed by atoms with E-state index in [0.29, 0.717) is 5.56 Å². The normalized spacial score (nSPS) is 10.8. The Morgan fingerprint density at radius 2 is 1.85 bits per heavy atom. The van der Waals surface area contributed by atoms with Gasteiger partial charge in [0.1, 0.15) is 0 Å². The van der Waals surface area contributed by atoms with Gasteiger partial charge in [-0.1, -0.05) is 23.8 Å². The van der Waals surface area contributed by atoms with Crippen molar-refractivity contribution in [1.29, 1.82) is 0 Å². The van der Waals surface area contributed by atoms with Crippen LogP contribution in [0, 0.1) is 6.92 Å². The van der Waals surface area contributed by atoms with E-state index >= 15 is 0 Å². The predicted molar refractivity (Wildman–Crippen MR) is 81.3 cm³/mol. The molecule has 3 rings (SSSR count). The van der Waals surface area contributed by atoms with Crippen molar-refractivity contribution in [3.8, 4) is 0 Å². The van der Waals surface area contributed by atoms with Gasteiger partial charge in [-0.2, -0.15) is 0 Å². The molecule has 0 saturated heterocycles. The van der Waals surface area contributed by atoms with Crippen molar-refractivity contribution in [3.05, 3.63) is 65.9 Å². The molecule has 0 spiro atoms. The van der Waals surface area contributed by atoms with Crippen molar-refractivity contribution in [2.75, 3.05) is 0 Å². The topological polar surface area (TPSA) is 42.2 Å². The first-order valence-corrected chi connectivity index (χ1v) is 7.01. The fourth-order valence-electron chi connectivity index (χ4n) is 2.12. The monoisotopic (exact) mass is 283 g/mol. The smallest absolute Gasteiger partial charge is 0.336 e. The number of benzene rings is 2. The molecule has 0 saturated carbocycles. The molecular formula is C16H13NO2S. The molecule has 4 heteroatoms. The van der Waals surface area contributed by atoms with Crippen LogP contribution in [0.1, 0.15) is 15.9 Å². The van der Waals surface area contributed by atoms with E-state index in [1.165, 1.54) is 5.56 Å². The molecule has 2 aromatic carbocycles. The molecule has 1 N–H and O–H groups in total. The number of hydrogen-bond donors (Lipinski definition) is 1. The van der Waals surface area contributed by atoms with Gasteiger partial charge in [-0.05, 0) is 49.2 Å². The molecule has 1 aromatic heterocycles. The molecular weight excluding hydrogens is 270 g/mol. The molecule has 0 unspecified atom stereocenters. The molecule has 0 radical (unpaired) electrons. The zero-order valence-electron chi connectivity index (χ0n) is 10.9. The van der Waals surface area contributed by atoms with Crippen LogP contribution < -0.4 is 0 Å². The van der Waals surface area contributed by atoms with Crippen LogP contribution in [0.5, 0.6) is 0 Å². The van der Waals surface area contributed by atoms with E-state index < -0.39 is 5.97 Å². The third kappa shape index (κ3) is 2.30. The van der Waals surface area contributed by atoms with Gasteiger partial charge in [-0.25, -0.2) is 4.79 Å². The molecule has 0 bridgehead atoms. The highest BCUT2D eigenvalue weighted by molar-refractivity contribution is 7.98. The van der Waals surface area contributed by atoms with Gasteiger partial charge in [0.2, 0.25) is 0 Å². The van der Waals surface area contributed by atoms with Gasteiger partial charge < -0.3 is 5.11 Å². The van der Waals surface area contributed by atoms with Gasteiger partial charge in [-0.15, -0.1) is 0 Å². The molecule has 3 nitrogen and oxygen atoms in total. The summed E-state index contributed by atoms with van der Waals surface area (Å²) >= 11 is 1.58. The molecule has 0 amide bonds. The maximum absolute atomic E-state index is 11.2. The van der Waals surface area contributed by atoms with E-state index in [4.69, 9.17) is 0 Å². The van der Waals surface area contributed by atoms with Gasteiger partial charge in [-0.3, -0.25) is 3.97 Å². The first-order valence-electron chi connectivity index (χ1n) is 6.23. The Bertz CT molecular complexity index is 775. The lowest BCUT2D eigenvalue weighted by atomic mass is 10.1. The Labute approximate surface area is 121 Å². The molecule has 0 aliphatic heterocycles. The second-order valence-corrected chi connectivity index (χ2v) is 5.64. The minimum absolute atomic E-state index is 0.339. The van der Waals surface area contributed by atoms with E-state index in [0.717, 1.165) is 15.8 Å². The molecule has 100 valence electrons. The summed E-state index contributed by atoms with van der Waals surface area (Å²) in [4.78, 5) is 12.3. The Morgan fingerprint density at radius 1 is 1.10 bits per heavy atom. The number of fused-ring (bicyclic) bond motifs is 1. The highest BCUT2D eigenvalue weighted by Gasteiger charge is 2.11. The van der Waals surface area contributed by atoms with Crippen LogP contribution in [-0.4, -0.2) is 15.0 Å². The largest absolute Gasteiger partial charge is 0.478 e. The molecule has 0 atom stereocenters. The van der Waals surface area contributed by atoms with Crippen molar-refractivity contribution < 1.29 is 9.90 Å². The van der Waals surface area contributed by atoms with E-state index in [-0.39, 0.29) is 0 Å². The Hall–Kier alpha value is -2.20. The third-order valence-corrected chi connectivity index (χ3v) is 4.15. The van der Waals surface area contributed by atoms with E-state index in [1.54, 1.807) is 24.1 Å². The first-order chi connectivity index (χ1) is 9.65. The van der Waals surface area contributed by atoms with Crippen LogP contribution in [0.3, 0.4) is 0 Å². The molecule has 3 aromatic rings. The summed E-state index contributed by atoms with van der Waals surface area (Å²) in [7, 11) is 0. The number of hydrogen-bond acceptors (Lipinski definition) is 2. The number of nitrogens with zero attached hydrogens (tertiary/aromatic N) is 1. The average molecular weight is 283 g/mol. The zero-order valence-corrected chi connectivity index (χ0v) is 11.7. The summed E-state index contributed by atoms with van der Waals surface area (Å²) < 4.78 is 1.99. The Kier molecular flexibility index (Phi) is 3.24. The van der Waals surface area contributed by atoms with E-state index in [1.807, 2.05) is 22.3 Å². The van der Waals surface area contributed by atoms with Gasteiger partial charge in [0.25, 0.3) is 0 Å². The minimum atomic E-state index is -0.895. The molecule has 20 heavy (non-hydrogen) atoms. The van der Waals surface area contributed by atoms with Crippen LogP contribution in [0.25, 0.3) is 10.9 Å². The van der Waals surface area contributed by atoms with Crippen LogP contribution in [-0.2, 0) is 0 Å². The second kappa shape index (κ2) is 5.06. The average Bonchev–Trinajstić information content (AvgIpc) is 2.84. The summed E-state index contributed by atoms with van der Waals surface area (Å²) in [5.74, 6) is -0.895. The lowest BCUT2D eigenvalue weighted by molar-refractivity contribution is 0.0699. The standard InChI is InChI=1S/C16H13NO2S/c1-11-5-7-12(8-6-11)20-17-10-9-13-14(16(18)19)3-2-4-15(13)17/h2-10H,1H3,(H,18,19). The third-order valence-electron chi connectivity index (χ3n) is 3.15. The van der Waals surface area contributed by atoms with Gasteiger partial charge in [0, 0.05) is 16.5 Å². The Morgan fingerprint density at radius 3 is 2.55 bits per heavy atom. The van der Waals surface area contributed by atoms with Crippen LogP contribution in [0.4, 0.5) is 0 Å². The number of rotatable bonds is 3. The van der Waals surface area contributed by atoms with Crippen molar-refractivity contribution in [3.63, 3.8) is 0 Å². The van der Waals surface area contributed by atoms with Gasteiger partial charge in [0.15, 0.2) is 0 Å². The first kappa shape index (κ1) is 12.8. The van der Waals surface area contributed by atoms with Crippen LogP contribution >= 0.6 is 11.9 Å². The maximum atomic E-state index is 11.2. The summed E-state index contributed by atoms with van der Waals surface area (Å²) in [6, 6.07) is 15.4. The van der Waals surface area contributed by atoms with E-state index in [2.05, 4.69) is 31.2 Å². The summed E-state index contributed by atoms with van der Waals surface area (Å²) in [6.07, 6.45) is 1.90. The summed E-state index contributed by atoms with van der Waals surface area (Å²) in [5.41, 5.74) is 2.47. The number of aromatic nitrogens is 1. The number of carbonyl (C=O) groups is 1. The number of carboxylic acid groups (broad SMARTS) is 1. The molecule has 1 heterocycles. The lowest BCUT2D eigenvalue weighted by Gasteiger charge is -2.05. The Balaban J connectivity index is 2.03. The number of aryl methyl sites for hydroxylation is 1. The van der Waals surface area contributed by atoms with E-state index in [9.17, 15) is 9.90 Å². The quantitative estimate of drug-likeness (QED) is 0.783. The van der Waals surface area contributed by atoms with Crippen molar-refractivity contribution in [2.45, 2.75) is 11.8 Å². The zero-order chi connectivity index (χ0) is 14.1. The lowest BCUT2D eigenvalue weighted by Crippen LogP contribution is -1.96. The summed E-state index contributed by atoms with van der Waals surface area (Å²) in [5, 5.41) is 9.96. The fourth-order valence-corrected chi connectivity index (χ4v) is 2.99.